The van der Waals surface area contributed by atoms with E-state index in [0.717, 1.165) is 19.3 Å². The Morgan fingerprint density at radius 1 is 0.895 bits per heavy atom. The van der Waals surface area contributed by atoms with Crippen LogP contribution in [-0.4, -0.2) is 44.8 Å². The second kappa shape index (κ2) is 10.9. The van der Waals surface area contributed by atoms with Gasteiger partial charge in [-0.15, -0.1) is 0 Å². The molecule has 0 N–H and O–H groups in total. The summed E-state index contributed by atoms with van der Waals surface area (Å²) < 4.78 is 67.9. The third kappa shape index (κ3) is 5.41. The Labute approximate surface area is 228 Å². The van der Waals surface area contributed by atoms with E-state index in [1.54, 1.807) is 42.5 Å². The van der Waals surface area contributed by atoms with Gasteiger partial charge in [-0.3, -0.25) is 0 Å². The smallest absolute Gasteiger partial charge is 0.243 e. The molecule has 0 amide bonds. The predicted molar refractivity (Wildman–Crippen MR) is 144 cm³/mol. The second-order valence-corrected chi connectivity index (χ2v) is 13.7. The average Bonchev–Trinajstić information content (AvgIpc) is 3.38. The van der Waals surface area contributed by atoms with Gasteiger partial charge in [0.05, 0.1) is 9.79 Å². The van der Waals surface area contributed by atoms with Gasteiger partial charge in [-0.1, -0.05) is 42.3 Å². The van der Waals surface area contributed by atoms with Crippen LogP contribution in [0.1, 0.15) is 37.3 Å². The fourth-order valence-electron chi connectivity index (χ4n) is 4.78. The van der Waals surface area contributed by atoms with E-state index < -0.39 is 20.0 Å². The molecule has 2 aliphatic rings. The molecule has 1 saturated heterocycles. The Balaban J connectivity index is 1.46. The van der Waals surface area contributed by atoms with Crippen molar-refractivity contribution in [2.75, 3.05) is 13.3 Å². The minimum absolute atomic E-state index is 0.00376. The number of rotatable bonds is 8. The lowest BCUT2D eigenvalue weighted by Crippen LogP contribution is -2.41. The van der Waals surface area contributed by atoms with E-state index in [-0.39, 0.29) is 35.7 Å². The lowest BCUT2D eigenvalue weighted by atomic mass is 10.1. The van der Waals surface area contributed by atoms with Gasteiger partial charge in [-0.05, 0) is 73.4 Å². The van der Waals surface area contributed by atoms with Crippen LogP contribution in [0, 0.1) is 0 Å². The minimum atomic E-state index is -4.03. The number of benzene rings is 3. The van der Waals surface area contributed by atoms with Crippen LogP contribution in [0.2, 0.25) is 5.02 Å². The molecule has 38 heavy (non-hydrogen) atoms. The number of ether oxygens (including phenoxy) is 2. The van der Waals surface area contributed by atoms with Gasteiger partial charge in [0, 0.05) is 30.7 Å². The first-order valence-electron chi connectivity index (χ1n) is 12.4. The maximum Gasteiger partial charge on any atom is 0.243 e. The molecular formula is C27H29ClN2O6S2. The summed E-state index contributed by atoms with van der Waals surface area (Å²) in [7, 11) is -7.75. The molecule has 0 saturated carbocycles. The summed E-state index contributed by atoms with van der Waals surface area (Å²) in [5, 5.41) is 0.454. The van der Waals surface area contributed by atoms with Crippen LogP contribution in [0.25, 0.3) is 0 Å². The highest BCUT2D eigenvalue weighted by Crippen LogP contribution is 2.34. The molecule has 3 aromatic carbocycles. The van der Waals surface area contributed by atoms with E-state index in [1.807, 2.05) is 6.92 Å². The van der Waals surface area contributed by atoms with Gasteiger partial charge < -0.3 is 9.47 Å². The second-order valence-electron chi connectivity index (χ2n) is 9.48. The molecule has 3 aromatic rings. The van der Waals surface area contributed by atoms with E-state index in [9.17, 15) is 16.8 Å². The van der Waals surface area contributed by atoms with E-state index in [0.29, 0.717) is 34.2 Å². The van der Waals surface area contributed by atoms with Crippen molar-refractivity contribution in [3.63, 3.8) is 0 Å². The van der Waals surface area contributed by atoms with Crippen molar-refractivity contribution in [3.05, 3.63) is 82.9 Å². The van der Waals surface area contributed by atoms with Crippen molar-refractivity contribution < 1.29 is 26.3 Å². The third-order valence-corrected chi connectivity index (χ3v) is 11.1. The molecule has 8 nitrogen and oxygen atoms in total. The maximum atomic E-state index is 13.9. The standard InChI is InChI=1S/C27H29ClN2O6S2/c1-20-6-4-5-15-30(20)38(33,34)24-12-10-23(11-13-24)37(31,32)29(18-22-7-2-3-8-25(22)28)17-21-9-14-26-27(16-21)36-19-35-26/h2-3,7-14,16,20H,4-6,15,17-19H2,1H3. The Morgan fingerprint density at radius 3 is 2.34 bits per heavy atom. The zero-order chi connectivity index (χ0) is 26.9. The zero-order valence-electron chi connectivity index (χ0n) is 20.9. The summed E-state index contributed by atoms with van der Waals surface area (Å²) in [5.41, 5.74) is 1.36. The lowest BCUT2D eigenvalue weighted by molar-refractivity contribution is 0.174. The van der Waals surface area contributed by atoms with E-state index in [2.05, 4.69) is 0 Å². The van der Waals surface area contributed by atoms with Crippen LogP contribution in [-0.2, 0) is 33.1 Å². The Hall–Kier alpha value is -2.63. The fourth-order valence-corrected chi connectivity index (χ4v) is 8.08. The summed E-state index contributed by atoms with van der Waals surface area (Å²) in [4.78, 5) is 0.0783. The highest BCUT2D eigenvalue weighted by molar-refractivity contribution is 7.89. The number of fused-ring (bicyclic) bond motifs is 1. The number of hydrogen-bond acceptors (Lipinski definition) is 6. The zero-order valence-corrected chi connectivity index (χ0v) is 23.3. The van der Waals surface area contributed by atoms with Gasteiger partial charge in [-0.25, -0.2) is 16.8 Å². The van der Waals surface area contributed by atoms with Crippen molar-refractivity contribution in [1.82, 2.24) is 8.61 Å². The number of sulfonamides is 2. The van der Waals surface area contributed by atoms with Crippen LogP contribution in [0.5, 0.6) is 11.5 Å². The van der Waals surface area contributed by atoms with Crippen molar-refractivity contribution in [1.29, 1.82) is 0 Å². The number of piperidine rings is 1. The van der Waals surface area contributed by atoms with Gasteiger partial charge >= 0.3 is 0 Å². The monoisotopic (exact) mass is 576 g/mol. The van der Waals surface area contributed by atoms with Crippen molar-refractivity contribution >= 4 is 31.6 Å². The van der Waals surface area contributed by atoms with Crippen LogP contribution in [0.15, 0.2) is 76.5 Å². The first kappa shape index (κ1) is 27.0. The Morgan fingerprint density at radius 2 is 1.61 bits per heavy atom. The summed E-state index contributed by atoms with van der Waals surface area (Å²) >= 11 is 6.37. The molecule has 1 unspecified atom stereocenters. The lowest BCUT2D eigenvalue weighted by Gasteiger charge is -2.32. The van der Waals surface area contributed by atoms with Crippen LogP contribution < -0.4 is 9.47 Å². The van der Waals surface area contributed by atoms with Gasteiger partial charge in [-0.2, -0.15) is 8.61 Å². The predicted octanol–water partition coefficient (Wildman–Crippen LogP) is 5.02. The van der Waals surface area contributed by atoms with Crippen LogP contribution >= 0.6 is 11.6 Å². The van der Waals surface area contributed by atoms with E-state index in [1.165, 1.54) is 32.9 Å². The first-order valence-corrected chi connectivity index (χ1v) is 15.7. The highest BCUT2D eigenvalue weighted by Gasteiger charge is 2.32. The van der Waals surface area contributed by atoms with E-state index >= 15 is 0 Å². The molecule has 0 bridgehead atoms. The molecular weight excluding hydrogens is 548 g/mol. The molecule has 0 aromatic heterocycles. The molecule has 5 rings (SSSR count). The summed E-state index contributed by atoms with van der Waals surface area (Å²) in [6, 6.07) is 17.7. The molecule has 0 radical (unpaired) electrons. The van der Waals surface area contributed by atoms with Gasteiger partial charge in [0.15, 0.2) is 11.5 Å². The average molecular weight is 577 g/mol. The Bertz CT molecular complexity index is 1530. The van der Waals surface area contributed by atoms with Gasteiger partial charge in [0.1, 0.15) is 0 Å². The third-order valence-electron chi connectivity index (χ3n) is 6.91. The quantitative estimate of drug-likeness (QED) is 0.374. The summed E-state index contributed by atoms with van der Waals surface area (Å²) in [5.74, 6) is 1.16. The molecule has 0 aliphatic carbocycles. The van der Waals surface area contributed by atoms with Crippen molar-refractivity contribution in [2.24, 2.45) is 0 Å². The van der Waals surface area contributed by atoms with Crippen LogP contribution in [0.3, 0.4) is 0 Å². The van der Waals surface area contributed by atoms with Gasteiger partial charge in [0.25, 0.3) is 0 Å². The topological polar surface area (TPSA) is 93.2 Å². The fraction of sp³-hybridized carbons (Fsp3) is 0.333. The largest absolute Gasteiger partial charge is 0.454 e. The highest BCUT2D eigenvalue weighted by atomic mass is 35.5. The first-order chi connectivity index (χ1) is 18.2. The minimum Gasteiger partial charge on any atom is -0.454 e. The SMILES string of the molecule is CC1CCCCN1S(=O)(=O)c1ccc(S(=O)(=O)N(Cc2ccc3c(c2)OCO3)Cc2ccccc2Cl)cc1. The number of nitrogens with zero attached hydrogens (tertiary/aromatic N) is 2. The normalized spacial score (nSPS) is 18.1. The number of hydrogen-bond donors (Lipinski definition) is 0. The molecule has 0 spiro atoms. The van der Waals surface area contributed by atoms with Crippen molar-refractivity contribution in [3.8, 4) is 11.5 Å². The number of halogens is 1. The molecule has 11 heteroatoms. The van der Waals surface area contributed by atoms with Crippen LogP contribution in [0.4, 0.5) is 0 Å². The van der Waals surface area contributed by atoms with Gasteiger partial charge in [0.2, 0.25) is 26.8 Å². The molecule has 2 heterocycles. The summed E-state index contributed by atoms with van der Waals surface area (Å²) in [6.07, 6.45) is 2.62. The summed E-state index contributed by atoms with van der Waals surface area (Å²) in [6.45, 7) is 2.56. The molecule has 202 valence electrons. The van der Waals surface area contributed by atoms with Crippen molar-refractivity contribution in [2.45, 2.75) is 55.1 Å². The molecule has 1 atom stereocenters. The molecule has 2 aliphatic heterocycles. The van der Waals surface area contributed by atoms with E-state index in [4.69, 9.17) is 21.1 Å². The molecule has 1 fully saturated rings. The maximum absolute atomic E-state index is 13.9. The Kier molecular flexibility index (Phi) is 7.70.